The zero-order chi connectivity index (χ0) is 27.6. The monoisotopic (exact) mass is 559 g/mol. The van der Waals surface area contributed by atoms with Crippen molar-refractivity contribution in [2.75, 3.05) is 20.0 Å². The average molecular weight is 560 g/mol. The van der Waals surface area contributed by atoms with Gasteiger partial charge in [-0.3, -0.25) is 9.78 Å². The normalized spacial score (nSPS) is 23.2. The molecule has 0 radical (unpaired) electrons. The van der Waals surface area contributed by atoms with Crippen molar-refractivity contribution in [2.24, 2.45) is 16.7 Å². The first kappa shape index (κ1) is 27.0. The molecular weight excluding hydrogens is 526 g/mol. The van der Waals surface area contributed by atoms with E-state index < -0.39 is 32.0 Å². The lowest BCUT2D eigenvalue weighted by Gasteiger charge is -2.36. The number of benzene rings is 1. The van der Waals surface area contributed by atoms with Gasteiger partial charge in [-0.25, -0.2) is 8.42 Å². The zero-order valence-electron chi connectivity index (χ0n) is 22.5. The van der Waals surface area contributed by atoms with Gasteiger partial charge >= 0.3 is 5.16 Å². The average Bonchev–Trinajstić information content (AvgIpc) is 3.42. The van der Waals surface area contributed by atoms with E-state index in [9.17, 15) is 17.8 Å². The maximum atomic E-state index is 14.2. The standard InChI is InChI=1S/C27H33N3O6S2/c1-16-13-28-21(17(2)24(16)36-6)14-37(32)25-29-20-8-7-19(35-5)12-22(20)30(25)38(33,34)15-27-10-9-18(11-23(27)31)26(27,3)4/h7-8,12-13,18H,9-11,14-15H2,1-6H3/t18-,27-,37+/m1/s1. The quantitative estimate of drug-likeness (QED) is 0.380. The lowest BCUT2D eigenvalue weighted by molar-refractivity contribution is -0.128. The molecule has 1 aromatic carbocycles. The second-order valence-electron chi connectivity index (χ2n) is 11.0. The van der Waals surface area contributed by atoms with E-state index in [2.05, 4.69) is 9.97 Å². The molecule has 0 spiro atoms. The summed E-state index contributed by atoms with van der Waals surface area (Å²) in [5, 5.41) is -0.0943. The predicted octanol–water partition coefficient (Wildman–Crippen LogP) is 3.95. The molecule has 204 valence electrons. The molecule has 2 fully saturated rings. The third kappa shape index (κ3) is 3.93. The van der Waals surface area contributed by atoms with Crippen molar-refractivity contribution in [3.8, 4) is 11.5 Å². The minimum absolute atomic E-state index is 0.00132. The Morgan fingerprint density at radius 2 is 1.95 bits per heavy atom. The van der Waals surface area contributed by atoms with Gasteiger partial charge in [0.05, 0.1) is 42.1 Å². The van der Waals surface area contributed by atoms with Crippen LogP contribution in [0.3, 0.4) is 0 Å². The number of hydrogen-bond donors (Lipinski definition) is 0. The number of aryl methyl sites for hydroxylation is 1. The van der Waals surface area contributed by atoms with E-state index in [0.29, 0.717) is 35.6 Å². The number of methoxy groups -OCH3 is 2. The molecular formula is C27H33N3O6S2. The molecule has 2 heterocycles. The fraction of sp³-hybridized carbons (Fsp3) is 0.519. The molecule has 3 aromatic rings. The SMILES string of the molecule is COc1ccc2nc([S@@+]([O-])Cc3ncc(C)c(OC)c3C)n(S(=O)(=O)C[C@]34CC[C@H](CC3=O)C4(C)C)c2c1. The molecule has 2 saturated carbocycles. The first-order chi connectivity index (χ1) is 17.9. The van der Waals surface area contributed by atoms with Crippen LogP contribution in [0.15, 0.2) is 29.6 Å². The lowest BCUT2D eigenvalue weighted by Crippen LogP contribution is -2.43. The van der Waals surface area contributed by atoms with E-state index in [0.717, 1.165) is 21.5 Å². The molecule has 11 heteroatoms. The maximum absolute atomic E-state index is 14.2. The van der Waals surface area contributed by atoms with Gasteiger partial charge in [0.1, 0.15) is 17.3 Å². The number of nitrogens with zero attached hydrogens (tertiary/aromatic N) is 3. The Bertz CT molecular complexity index is 1550. The van der Waals surface area contributed by atoms with Crippen molar-refractivity contribution in [1.29, 1.82) is 0 Å². The molecule has 0 unspecified atom stereocenters. The van der Waals surface area contributed by atoms with Crippen molar-refractivity contribution >= 4 is 38.0 Å². The van der Waals surface area contributed by atoms with Crippen LogP contribution in [0.1, 0.15) is 49.9 Å². The van der Waals surface area contributed by atoms with Gasteiger partial charge in [0.2, 0.25) is 10.0 Å². The molecule has 9 nitrogen and oxygen atoms in total. The second kappa shape index (κ2) is 9.24. The van der Waals surface area contributed by atoms with Crippen molar-refractivity contribution in [2.45, 2.75) is 57.9 Å². The number of pyridine rings is 1. The number of imidazole rings is 1. The van der Waals surface area contributed by atoms with Crippen LogP contribution in [0.2, 0.25) is 0 Å². The van der Waals surface area contributed by atoms with Gasteiger partial charge in [-0.15, -0.1) is 0 Å². The maximum Gasteiger partial charge on any atom is 0.338 e. The van der Waals surface area contributed by atoms with Crippen LogP contribution in [-0.2, 0) is 31.7 Å². The van der Waals surface area contributed by atoms with E-state index in [4.69, 9.17) is 9.47 Å². The van der Waals surface area contributed by atoms with Crippen LogP contribution in [0.5, 0.6) is 11.5 Å². The molecule has 2 aromatic heterocycles. The van der Waals surface area contributed by atoms with Crippen molar-refractivity contribution in [3.05, 3.63) is 41.2 Å². The summed E-state index contributed by atoms with van der Waals surface area (Å²) in [5.41, 5.74) is 1.35. The Kier molecular flexibility index (Phi) is 6.55. The van der Waals surface area contributed by atoms with E-state index in [1.54, 1.807) is 31.5 Å². The minimum atomic E-state index is -4.16. The summed E-state index contributed by atoms with van der Waals surface area (Å²) < 4.78 is 54.2. The number of aromatic nitrogens is 3. The molecule has 0 aliphatic heterocycles. The van der Waals surface area contributed by atoms with Gasteiger partial charge < -0.3 is 14.0 Å². The summed E-state index contributed by atoms with van der Waals surface area (Å²) in [6, 6.07) is 4.91. The molecule has 38 heavy (non-hydrogen) atoms. The first-order valence-electron chi connectivity index (χ1n) is 12.6. The largest absolute Gasteiger partial charge is 0.609 e. The van der Waals surface area contributed by atoms with Gasteiger partial charge in [0, 0.05) is 41.0 Å². The van der Waals surface area contributed by atoms with Crippen molar-refractivity contribution in [1.82, 2.24) is 13.9 Å². The van der Waals surface area contributed by atoms with Crippen molar-refractivity contribution < 1.29 is 27.2 Å². The molecule has 2 bridgehead atoms. The van der Waals surface area contributed by atoms with Crippen LogP contribution in [0, 0.1) is 30.6 Å². The Morgan fingerprint density at radius 1 is 1.21 bits per heavy atom. The number of carbonyl (C=O) groups is 1. The van der Waals surface area contributed by atoms with Gasteiger partial charge in [0.25, 0.3) is 0 Å². The third-order valence-corrected chi connectivity index (χ3v) is 12.0. The minimum Gasteiger partial charge on any atom is -0.609 e. The number of Topliss-reactive ketones (excluding diaryl/α,β-unsaturated/α-hetero) is 1. The Hall–Kier alpha value is -2.63. The number of fused-ring (bicyclic) bond motifs is 3. The molecule has 0 saturated heterocycles. The molecule has 0 N–H and O–H groups in total. The fourth-order valence-electron chi connectivity index (χ4n) is 6.44. The van der Waals surface area contributed by atoms with Gasteiger partial charge in [-0.05, 0) is 50.2 Å². The number of carbonyl (C=O) groups excluding carboxylic acids is 1. The fourth-order valence-corrected chi connectivity index (χ4v) is 10.3. The Labute approximate surface area is 226 Å². The van der Waals surface area contributed by atoms with E-state index >= 15 is 0 Å². The number of rotatable bonds is 8. The summed E-state index contributed by atoms with van der Waals surface area (Å²) >= 11 is -1.87. The molecule has 2 aliphatic rings. The van der Waals surface area contributed by atoms with Crippen LogP contribution in [-0.4, -0.2) is 52.7 Å². The van der Waals surface area contributed by atoms with E-state index in [1.165, 1.54) is 7.11 Å². The molecule has 5 rings (SSSR count). The lowest BCUT2D eigenvalue weighted by atomic mass is 9.70. The van der Waals surface area contributed by atoms with Gasteiger partial charge in [-0.2, -0.15) is 8.96 Å². The summed E-state index contributed by atoms with van der Waals surface area (Å²) in [5.74, 6) is 0.863. The summed E-state index contributed by atoms with van der Waals surface area (Å²) in [7, 11) is -1.10. The zero-order valence-corrected chi connectivity index (χ0v) is 24.2. The van der Waals surface area contributed by atoms with E-state index in [1.807, 2.05) is 27.7 Å². The third-order valence-electron chi connectivity index (χ3n) is 8.86. The highest BCUT2D eigenvalue weighted by atomic mass is 32.2. The van der Waals surface area contributed by atoms with Crippen LogP contribution in [0.4, 0.5) is 0 Å². The topological polar surface area (TPSA) is 123 Å². The summed E-state index contributed by atoms with van der Waals surface area (Å²) in [6.07, 6.45) is 3.40. The molecule has 3 atom stereocenters. The molecule has 0 amide bonds. The summed E-state index contributed by atoms with van der Waals surface area (Å²) in [4.78, 5) is 22.1. The number of hydrogen-bond acceptors (Lipinski definition) is 8. The second-order valence-corrected chi connectivity index (χ2v) is 14.1. The van der Waals surface area contributed by atoms with Crippen LogP contribution < -0.4 is 9.47 Å². The Balaban J connectivity index is 1.63. The first-order valence-corrected chi connectivity index (χ1v) is 15.5. The predicted molar refractivity (Wildman–Crippen MR) is 144 cm³/mol. The smallest absolute Gasteiger partial charge is 0.338 e. The highest BCUT2D eigenvalue weighted by Crippen LogP contribution is 2.64. The van der Waals surface area contributed by atoms with Crippen LogP contribution >= 0.6 is 0 Å². The van der Waals surface area contributed by atoms with Crippen molar-refractivity contribution in [3.63, 3.8) is 0 Å². The van der Waals surface area contributed by atoms with Gasteiger partial charge in [0.15, 0.2) is 5.75 Å². The van der Waals surface area contributed by atoms with Gasteiger partial charge in [-0.1, -0.05) is 13.8 Å². The Morgan fingerprint density at radius 3 is 2.55 bits per heavy atom. The van der Waals surface area contributed by atoms with Crippen LogP contribution in [0.25, 0.3) is 11.0 Å². The highest BCUT2D eigenvalue weighted by Gasteiger charge is 2.65. The highest BCUT2D eigenvalue weighted by molar-refractivity contribution is 7.93. The molecule has 2 aliphatic carbocycles. The number of ether oxygens (including phenoxy) is 2. The number of ketones is 1. The van der Waals surface area contributed by atoms with E-state index in [-0.39, 0.29) is 33.9 Å². The summed E-state index contributed by atoms with van der Waals surface area (Å²) in [6.45, 7) is 7.70.